The molecule has 0 atom stereocenters. The minimum atomic E-state index is -3.04. The van der Waals surface area contributed by atoms with Crippen LogP contribution < -0.4 is 5.32 Å². The van der Waals surface area contributed by atoms with Gasteiger partial charge >= 0.3 is 0 Å². The van der Waals surface area contributed by atoms with Crippen LogP contribution in [-0.2, 0) is 14.6 Å². The average Bonchev–Trinajstić information content (AvgIpc) is 3.56. The van der Waals surface area contributed by atoms with Crippen molar-refractivity contribution >= 4 is 38.9 Å². The van der Waals surface area contributed by atoms with Crippen LogP contribution in [0.2, 0.25) is 10.0 Å². The van der Waals surface area contributed by atoms with E-state index in [1.54, 1.807) is 18.2 Å². The monoisotopic (exact) mass is 502 g/mol. The van der Waals surface area contributed by atoms with E-state index in [0.717, 1.165) is 45.3 Å². The number of halogens is 2. The first-order valence-corrected chi connectivity index (χ1v) is 14.0. The highest BCUT2D eigenvalue weighted by Crippen LogP contribution is 2.41. The van der Waals surface area contributed by atoms with Crippen molar-refractivity contribution in [3.63, 3.8) is 0 Å². The quantitative estimate of drug-likeness (QED) is 0.584. The van der Waals surface area contributed by atoms with Crippen molar-refractivity contribution < 1.29 is 17.9 Å². The Hall–Kier alpha value is -0.860. The van der Waals surface area contributed by atoms with Crippen LogP contribution in [0.4, 0.5) is 0 Å². The summed E-state index contributed by atoms with van der Waals surface area (Å²) in [5, 5.41) is 3.65. The lowest BCUT2D eigenvalue weighted by Crippen LogP contribution is -2.51. The van der Waals surface area contributed by atoms with Crippen molar-refractivity contribution in [2.45, 2.75) is 43.8 Å². The van der Waals surface area contributed by atoms with E-state index in [0.29, 0.717) is 59.9 Å². The SMILES string of the molecule is O=C(NCC1(CN2CCOCC2)CCC(S(=O)(=O)CC2CC2)CC1)c1ccc(Cl)cc1Cl. The second kappa shape index (κ2) is 10.2. The lowest BCUT2D eigenvalue weighted by atomic mass is 9.73. The summed E-state index contributed by atoms with van der Waals surface area (Å²) >= 11 is 12.2. The fourth-order valence-electron chi connectivity index (χ4n) is 4.97. The van der Waals surface area contributed by atoms with E-state index >= 15 is 0 Å². The molecule has 3 aliphatic rings. The number of amides is 1. The molecule has 1 saturated heterocycles. The van der Waals surface area contributed by atoms with Crippen molar-refractivity contribution in [2.75, 3.05) is 45.1 Å². The minimum Gasteiger partial charge on any atom is -0.379 e. The van der Waals surface area contributed by atoms with E-state index in [4.69, 9.17) is 27.9 Å². The van der Waals surface area contributed by atoms with Gasteiger partial charge in [0.25, 0.3) is 5.91 Å². The van der Waals surface area contributed by atoms with E-state index in [2.05, 4.69) is 10.2 Å². The molecule has 0 aromatic heterocycles. The number of sulfone groups is 1. The van der Waals surface area contributed by atoms with Crippen molar-refractivity contribution in [1.82, 2.24) is 10.2 Å². The number of rotatable bonds is 8. The maximum Gasteiger partial charge on any atom is 0.252 e. The molecular weight excluding hydrogens is 471 g/mol. The van der Waals surface area contributed by atoms with Crippen LogP contribution in [0.5, 0.6) is 0 Å². The Morgan fingerprint density at radius 1 is 1.12 bits per heavy atom. The molecule has 1 heterocycles. The van der Waals surface area contributed by atoms with Gasteiger partial charge in [-0.15, -0.1) is 0 Å². The second-order valence-electron chi connectivity index (χ2n) is 9.67. The van der Waals surface area contributed by atoms with Crippen LogP contribution in [0.15, 0.2) is 18.2 Å². The standard InChI is InChI=1S/C23H32Cl2N2O4S/c24-18-3-4-20(21(25)13-18)22(28)26-15-23(16-27-9-11-31-12-10-27)7-5-19(6-8-23)32(29,30)14-17-1-2-17/h3-4,13,17,19H,1-2,5-12,14-16H2,(H,26,28). The Balaban J connectivity index is 1.43. The zero-order valence-electron chi connectivity index (χ0n) is 18.3. The number of ether oxygens (including phenoxy) is 1. The predicted molar refractivity (Wildman–Crippen MR) is 127 cm³/mol. The van der Waals surface area contributed by atoms with Gasteiger partial charge in [0.2, 0.25) is 0 Å². The van der Waals surface area contributed by atoms with Crippen molar-refractivity contribution in [1.29, 1.82) is 0 Å². The van der Waals surface area contributed by atoms with Crippen molar-refractivity contribution in [2.24, 2.45) is 11.3 Å². The molecule has 32 heavy (non-hydrogen) atoms. The van der Waals surface area contributed by atoms with Crippen LogP contribution in [0.25, 0.3) is 0 Å². The minimum absolute atomic E-state index is 0.155. The molecule has 6 nitrogen and oxygen atoms in total. The lowest BCUT2D eigenvalue weighted by molar-refractivity contribution is 0.00751. The number of benzene rings is 1. The molecule has 0 bridgehead atoms. The molecule has 2 aliphatic carbocycles. The molecule has 0 radical (unpaired) electrons. The lowest BCUT2D eigenvalue weighted by Gasteiger charge is -2.44. The van der Waals surface area contributed by atoms with E-state index in [-0.39, 0.29) is 16.6 Å². The summed E-state index contributed by atoms with van der Waals surface area (Å²) in [6.45, 7) is 4.48. The van der Waals surface area contributed by atoms with Gasteiger partial charge in [-0.25, -0.2) is 8.42 Å². The highest BCUT2D eigenvalue weighted by atomic mass is 35.5. The number of morpholine rings is 1. The first-order valence-electron chi connectivity index (χ1n) is 11.5. The normalized spacial score (nSPS) is 27.2. The summed E-state index contributed by atoms with van der Waals surface area (Å²) in [7, 11) is -3.04. The maximum absolute atomic E-state index is 12.8. The Morgan fingerprint density at radius 2 is 1.81 bits per heavy atom. The molecule has 178 valence electrons. The topological polar surface area (TPSA) is 75.7 Å². The molecule has 1 N–H and O–H groups in total. The number of hydrogen-bond acceptors (Lipinski definition) is 5. The van der Waals surface area contributed by atoms with Crippen LogP contribution in [0.1, 0.15) is 48.9 Å². The Labute approximate surface area is 200 Å². The van der Waals surface area contributed by atoms with Crippen molar-refractivity contribution in [3.8, 4) is 0 Å². The molecule has 1 amide bonds. The molecule has 1 aromatic carbocycles. The third kappa shape index (κ3) is 6.17. The molecule has 1 aromatic rings. The molecular formula is C23H32Cl2N2O4S. The van der Waals surface area contributed by atoms with Crippen LogP contribution in [0, 0.1) is 11.3 Å². The summed E-state index contributed by atoms with van der Waals surface area (Å²) in [5.41, 5.74) is 0.246. The number of carbonyl (C=O) groups is 1. The largest absolute Gasteiger partial charge is 0.379 e. The molecule has 3 fully saturated rings. The van der Waals surface area contributed by atoms with Crippen LogP contribution >= 0.6 is 23.2 Å². The van der Waals surface area contributed by atoms with E-state index in [1.165, 1.54) is 0 Å². The Morgan fingerprint density at radius 3 is 2.44 bits per heavy atom. The highest BCUT2D eigenvalue weighted by Gasteiger charge is 2.42. The first kappa shape index (κ1) is 24.3. The predicted octanol–water partition coefficient (Wildman–Crippen LogP) is 3.81. The van der Waals surface area contributed by atoms with Crippen LogP contribution in [0.3, 0.4) is 0 Å². The molecule has 9 heteroatoms. The van der Waals surface area contributed by atoms with Gasteiger partial charge in [-0.2, -0.15) is 0 Å². The average molecular weight is 503 g/mol. The van der Waals surface area contributed by atoms with Gasteiger partial charge in [0.05, 0.1) is 34.8 Å². The molecule has 1 aliphatic heterocycles. The summed E-state index contributed by atoms with van der Waals surface area (Å²) in [6, 6.07) is 4.86. The number of carbonyl (C=O) groups excluding carboxylic acids is 1. The molecule has 0 spiro atoms. The molecule has 0 unspecified atom stereocenters. The smallest absolute Gasteiger partial charge is 0.252 e. The second-order valence-corrected chi connectivity index (χ2v) is 12.8. The summed E-state index contributed by atoms with van der Waals surface area (Å²) in [5.74, 6) is 0.500. The summed E-state index contributed by atoms with van der Waals surface area (Å²) in [4.78, 5) is 15.2. The highest BCUT2D eigenvalue weighted by molar-refractivity contribution is 7.92. The summed E-state index contributed by atoms with van der Waals surface area (Å²) in [6.07, 6.45) is 4.99. The maximum atomic E-state index is 12.8. The summed E-state index contributed by atoms with van der Waals surface area (Å²) < 4.78 is 31.2. The zero-order valence-corrected chi connectivity index (χ0v) is 20.7. The Bertz CT molecular complexity index is 922. The van der Waals surface area contributed by atoms with E-state index in [1.807, 2.05) is 0 Å². The van der Waals surface area contributed by atoms with Gasteiger partial charge in [-0.1, -0.05) is 23.2 Å². The van der Waals surface area contributed by atoms with E-state index in [9.17, 15) is 13.2 Å². The zero-order chi connectivity index (χ0) is 22.8. The van der Waals surface area contributed by atoms with E-state index < -0.39 is 9.84 Å². The first-order chi connectivity index (χ1) is 15.3. The molecule has 4 rings (SSSR count). The van der Waals surface area contributed by atoms with Gasteiger partial charge in [0.15, 0.2) is 9.84 Å². The van der Waals surface area contributed by atoms with Crippen molar-refractivity contribution in [3.05, 3.63) is 33.8 Å². The molecule has 2 saturated carbocycles. The van der Waals surface area contributed by atoms with Gasteiger partial charge in [-0.05, 0) is 62.6 Å². The van der Waals surface area contributed by atoms with Gasteiger partial charge in [-0.3, -0.25) is 9.69 Å². The van der Waals surface area contributed by atoms with Gasteiger partial charge in [0.1, 0.15) is 0 Å². The fourth-order valence-corrected chi connectivity index (χ4v) is 7.68. The third-order valence-electron chi connectivity index (χ3n) is 7.13. The van der Waals surface area contributed by atoms with Gasteiger partial charge in [0, 0.05) is 36.6 Å². The third-order valence-corrected chi connectivity index (χ3v) is 10.1. The van der Waals surface area contributed by atoms with Gasteiger partial charge < -0.3 is 10.1 Å². The fraction of sp³-hybridized carbons (Fsp3) is 0.696. The Kier molecular flexibility index (Phi) is 7.72. The number of nitrogens with one attached hydrogen (secondary N) is 1. The number of nitrogens with zero attached hydrogens (tertiary/aromatic N) is 1. The van der Waals surface area contributed by atoms with Crippen LogP contribution in [-0.4, -0.2) is 69.6 Å². The number of hydrogen-bond donors (Lipinski definition) is 1.